The van der Waals surface area contributed by atoms with Crippen molar-refractivity contribution in [2.45, 2.75) is 13.5 Å². The van der Waals surface area contributed by atoms with Crippen molar-refractivity contribution in [1.82, 2.24) is 30.7 Å². The summed E-state index contributed by atoms with van der Waals surface area (Å²) in [7, 11) is 0. The molecule has 1 aliphatic heterocycles. The summed E-state index contributed by atoms with van der Waals surface area (Å²) < 4.78 is 13.5. The summed E-state index contributed by atoms with van der Waals surface area (Å²) in [5.41, 5.74) is 3.63. The van der Waals surface area contributed by atoms with Gasteiger partial charge < -0.3 is 15.5 Å². The summed E-state index contributed by atoms with van der Waals surface area (Å²) in [5.74, 6) is 1.65. The van der Waals surface area contributed by atoms with Gasteiger partial charge in [0, 0.05) is 49.4 Å². The first-order chi connectivity index (χ1) is 15.2. The second kappa shape index (κ2) is 8.27. The number of hydrogen-bond acceptors (Lipinski definition) is 7. The van der Waals surface area contributed by atoms with Crippen molar-refractivity contribution >= 4 is 22.5 Å². The normalized spacial score (nSPS) is 14.2. The van der Waals surface area contributed by atoms with Gasteiger partial charge in [-0.05, 0) is 42.8 Å². The number of aromatic amines is 1. The molecule has 1 fully saturated rings. The fourth-order valence-corrected chi connectivity index (χ4v) is 3.76. The smallest absolute Gasteiger partial charge is 0.192 e. The molecule has 2 aromatic heterocycles. The predicted molar refractivity (Wildman–Crippen MR) is 118 cm³/mol. The van der Waals surface area contributed by atoms with Crippen molar-refractivity contribution in [1.29, 1.82) is 0 Å². The largest absolute Gasteiger partial charge is 0.361 e. The molecule has 2 aromatic carbocycles. The van der Waals surface area contributed by atoms with E-state index in [-0.39, 0.29) is 5.82 Å². The quantitative estimate of drug-likeness (QED) is 0.459. The molecule has 8 nitrogen and oxygen atoms in total. The van der Waals surface area contributed by atoms with E-state index in [1.807, 2.05) is 31.2 Å². The maximum absolute atomic E-state index is 13.5. The van der Waals surface area contributed by atoms with Crippen LogP contribution in [0, 0.1) is 12.7 Å². The first kappa shape index (κ1) is 19.4. The van der Waals surface area contributed by atoms with Gasteiger partial charge in [0.1, 0.15) is 5.82 Å². The number of benzene rings is 2. The maximum Gasteiger partial charge on any atom is 0.192 e. The highest BCUT2D eigenvalue weighted by Gasteiger charge is 2.19. The van der Waals surface area contributed by atoms with Gasteiger partial charge in [-0.25, -0.2) is 9.37 Å². The zero-order valence-electron chi connectivity index (χ0n) is 17.2. The molecule has 158 valence electrons. The molecule has 31 heavy (non-hydrogen) atoms. The third kappa shape index (κ3) is 4.04. The Morgan fingerprint density at radius 1 is 1.10 bits per heavy atom. The van der Waals surface area contributed by atoms with Crippen LogP contribution in [0.25, 0.3) is 22.3 Å². The number of rotatable bonds is 5. The van der Waals surface area contributed by atoms with Crippen molar-refractivity contribution < 1.29 is 4.39 Å². The second-order valence-electron chi connectivity index (χ2n) is 7.61. The van der Waals surface area contributed by atoms with Gasteiger partial charge in [-0.1, -0.05) is 12.1 Å². The molecule has 0 spiro atoms. The highest BCUT2D eigenvalue weighted by Crippen LogP contribution is 2.27. The molecule has 0 atom stereocenters. The summed E-state index contributed by atoms with van der Waals surface area (Å²) in [5, 5.41) is 23.8. The van der Waals surface area contributed by atoms with Gasteiger partial charge >= 0.3 is 0 Å². The van der Waals surface area contributed by atoms with E-state index in [9.17, 15) is 4.39 Å². The second-order valence-corrected chi connectivity index (χ2v) is 7.61. The molecule has 0 radical (unpaired) electrons. The van der Waals surface area contributed by atoms with Gasteiger partial charge in [-0.15, -0.1) is 10.2 Å². The van der Waals surface area contributed by atoms with E-state index >= 15 is 0 Å². The minimum atomic E-state index is -0.258. The predicted octanol–water partition coefficient (Wildman–Crippen LogP) is 2.88. The van der Waals surface area contributed by atoms with Crippen LogP contribution in [0.4, 0.5) is 16.0 Å². The number of fused-ring (bicyclic) bond motifs is 1. The monoisotopic (exact) mass is 418 g/mol. The van der Waals surface area contributed by atoms with Crippen LogP contribution in [0.2, 0.25) is 0 Å². The zero-order chi connectivity index (χ0) is 21.2. The Morgan fingerprint density at radius 3 is 2.81 bits per heavy atom. The lowest BCUT2D eigenvalue weighted by molar-refractivity contribution is 0.584. The number of anilines is 2. The van der Waals surface area contributed by atoms with Crippen LogP contribution in [0.3, 0.4) is 0 Å². The summed E-state index contributed by atoms with van der Waals surface area (Å²) in [6, 6.07) is 12.5. The third-order valence-electron chi connectivity index (χ3n) is 5.44. The van der Waals surface area contributed by atoms with Crippen LogP contribution in [0.5, 0.6) is 0 Å². The van der Waals surface area contributed by atoms with E-state index in [0.717, 1.165) is 59.7 Å². The number of aryl methyl sites for hydroxylation is 1. The number of halogens is 1. The Bertz CT molecular complexity index is 1220. The number of hydrogen-bond donors (Lipinski definition) is 3. The molecule has 9 heteroatoms. The topological polar surface area (TPSA) is 94.6 Å². The molecule has 1 saturated heterocycles. The number of nitrogens with zero attached hydrogens (tertiary/aromatic N) is 5. The van der Waals surface area contributed by atoms with Crippen molar-refractivity contribution in [3.8, 4) is 11.4 Å². The zero-order valence-corrected chi connectivity index (χ0v) is 17.2. The van der Waals surface area contributed by atoms with Gasteiger partial charge in [0.15, 0.2) is 17.5 Å². The minimum absolute atomic E-state index is 0.258. The van der Waals surface area contributed by atoms with Crippen molar-refractivity contribution in [2.75, 3.05) is 36.4 Å². The highest BCUT2D eigenvalue weighted by molar-refractivity contribution is 5.85. The first-order valence-corrected chi connectivity index (χ1v) is 10.3. The Morgan fingerprint density at radius 2 is 1.97 bits per heavy atom. The van der Waals surface area contributed by atoms with E-state index in [2.05, 4.69) is 35.9 Å². The molecule has 5 rings (SSSR count). The van der Waals surface area contributed by atoms with Gasteiger partial charge in [-0.3, -0.25) is 5.10 Å². The molecule has 0 bridgehead atoms. The number of H-pyrrole nitrogens is 1. The van der Waals surface area contributed by atoms with Crippen LogP contribution in [0.1, 0.15) is 11.3 Å². The van der Waals surface area contributed by atoms with Gasteiger partial charge in [0.05, 0.1) is 5.52 Å². The Kier molecular flexibility index (Phi) is 5.17. The van der Waals surface area contributed by atoms with Crippen LogP contribution < -0.4 is 15.5 Å². The summed E-state index contributed by atoms with van der Waals surface area (Å²) in [6.07, 6.45) is 0. The lowest BCUT2D eigenvalue weighted by atomic mass is 10.1. The summed E-state index contributed by atoms with van der Waals surface area (Å²) >= 11 is 0. The molecule has 3 N–H and O–H groups in total. The number of aromatic nitrogens is 5. The minimum Gasteiger partial charge on any atom is -0.361 e. The average molecular weight is 418 g/mol. The molecule has 3 heterocycles. The third-order valence-corrected chi connectivity index (χ3v) is 5.44. The number of nitrogens with one attached hydrogen (secondary N) is 3. The molecule has 0 aliphatic carbocycles. The fourth-order valence-electron chi connectivity index (χ4n) is 3.76. The van der Waals surface area contributed by atoms with Crippen molar-refractivity contribution in [3.63, 3.8) is 0 Å². The lowest BCUT2D eigenvalue weighted by Crippen LogP contribution is -2.44. The van der Waals surface area contributed by atoms with Crippen LogP contribution in [-0.2, 0) is 6.54 Å². The van der Waals surface area contributed by atoms with E-state index in [0.29, 0.717) is 18.2 Å². The van der Waals surface area contributed by atoms with Gasteiger partial charge in [0.25, 0.3) is 0 Å². The Labute approximate surface area is 178 Å². The van der Waals surface area contributed by atoms with Gasteiger partial charge in [0.2, 0.25) is 0 Å². The SMILES string of the molecule is Cc1[nH]nc2ccc(-c3nnc(NCc4cccc(F)c4)c(N4CCNCC4)n3)cc12. The van der Waals surface area contributed by atoms with Crippen LogP contribution >= 0.6 is 0 Å². The lowest BCUT2D eigenvalue weighted by Gasteiger charge is -2.29. The Balaban J connectivity index is 1.49. The average Bonchev–Trinajstić information content (AvgIpc) is 3.18. The Hall–Kier alpha value is -3.59. The van der Waals surface area contributed by atoms with Crippen molar-refractivity contribution in [2.24, 2.45) is 0 Å². The molecule has 4 aromatic rings. The van der Waals surface area contributed by atoms with E-state index < -0.39 is 0 Å². The van der Waals surface area contributed by atoms with Crippen LogP contribution in [-0.4, -0.2) is 51.6 Å². The molecule has 0 amide bonds. The standard InChI is InChI=1S/C22H23FN8/c1-14-18-12-16(5-6-19(18)28-27-14)20-26-22(31-9-7-24-8-10-31)21(30-29-20)25-13-15-3-2-4-17(23)11-15/h2-6,11-12,24H,7-10,13H2,1H3,(H,25,30)(H,27,28). The highest BCUT2D eigenvalue weighted by atomic mass is 19.1. The molecule has 0 unspecified atom stereocenters. The first-order valence-electron chi connectivity index (χ1n) is 10.3. The molecular formula is C22H23FN8. The molecule has 0 saturated carbocycles. The van der Waals surface area contributed by atoms with E-state index in [1.54, 1.807) is 6.07 Å². The van der Waals surface area contributed by atoms with Crippen LogP contribution in [0.15, 0.2) is 42.5 Å². The van der Waals surface area contributed by atoms with E-state index in [4.69, 9.17) is 4.98 Å². The number of piperazine rings is 1. The summed E-state index contributed by atoms with van der Waals surface area (Å²) in [6.45, 7) is 5.83. The van der Waals surface area contributed by atoms with Gasteiger partial charge in [-0.2, -0.15) is 5.10 Å². The fraction of sp³-hybridized carbons (Fsp3) is 0.273. The molecular weight excluding hydrogens is 395 g/mol. The van der Waals surface area contributed by atoms with E-state index in [1.165, 1.54) is 12.1 Å². The molecule has 1 aliphatic rings. The summed E-state index contributed by atoms with van der Waals surface area (Å²) in [4.78, 5) is 7.07. The maximum atomic E-state index is 13.5. The van der Waals surface area contributed by atoms with Crippen molar-refractivity contribution in [3.05, 3.63) is 59.5 Å².